The zero-order chi connectivity index (χ0) is 26.6. The Morgan fingerprint density at radius 2 is 1.78 bits per heavy atom. The van der Waals surface area contributed by atoms with E-state index in [1.807, 2.05) is 49.4 Å². The number of benzene rings is 3. The van der Waals surface area contributed by atoms with E-state index >= 15 is 0 Å². The second-order valence-corrected chi connectivity index (χ2v) is 10.7. The van der Waals surface area contributed by atoms with E-state index in [4.69, 9.17) is 27.9 Å². The van der Waals surface area contributed by atoms with Gasteiger partial charge in [-0.3, -0.25) is 9.59 Å². The van der Waals surface area contributed by atoms with Crippen LogP contribution in [0.1, 0.15) is 59.3 Å². The number of aliphatic carboxylic acids is 1. The van der Waals surface area contributed by atoms with Gasteiger partial charge in [0, 0.05) is 24.9 Å². The van der Waals surface area contributed by atoms with Crippen LogP contribution in [-0.4, -0.2) is 34.0 Å². The van der Waals surface area contributed by atoms with Gasteiger partial charge in [0.2, 0.25) is 0 Å². The molecule has 1 amide bonds. The number of carboxylic acid groups (broad SMARTS) is 1. The highest BCUT2D eigenvalue weighted by Crippen LogP contribution is 2.39. The largest absolute Gasteiger partial charge is 0.487 e. The van der Waals surface area contributed by atoms with Crippen LogP contribution >= 0.6 is 23.2 Å². The Bertz CT molecular complexity index is 1290. The first-order valence-electron chi connectivity index (χ1n) is 12.5. The maximum Gasteiger partial charge on any atom is 0.323 e. The highest BCUT2D eigenvalue weighted by Gasteiger charge is 2.36. The molecule has 0 saturated carbocycles. The van der Waals surface area contributed by atoms with E-state index in [0.29, 0.717) is 34.2 Å². The topological polar surface area (TPSA) is 66.8 Å². The zero-order valence-corrected chi connectivity index (χ0v) is 22.6. The van der Waals surface area contributed by atoms with Gasteiger partial charge in [-0.15, -0.1) is 0 Å². The Labute approximate surface area is 228 Å². The minimum Gasteiger partial charge on any atom is -0.487 e. The summed E-state index contributed by atoms with van der Waals surface area (Å²) in [6.07, 6.45) is 4.40. The Balaban J connectivity index is 1.50. The predicted octanol–water partition coefficient (Wildman–Crippen LogP) is 7.00. The fourth-order valence-corrected chi connectivity index (χ4v) is 5.19. The van der Waals surface area contributed by atoms with Crippen LogP contribution in [0.5, 0.6) is 5.75 Å². The second-order valence-electron chi connectivity index (χ2n) is 9.92. The molecule has 37 heavy (non-hydrogen) atoms. The second kappa shape index (κ2) is 11.6. The first-order chi connectivity index (χ1) is 17.7. The number of carboxylic acids is 1. The molecular weight excluding hydrogens is 509 g/mol. The van der Waals surface area contributed by atoms with Crippen LogP contribution in [0.2, 0.25) is 10.0 Å². The van der Waals surface area contributed by atoms with Crippen LogP contribution in [0.3, 0.4) is 0 Å². The van der Waals surface area contributed by atoms with Crippen molar-refractivity contribution in [3.8, 4) is 5.75 Å². The number of hydrogen-bond acceptors (Lipinski definition) is 3. The van der Waals surface area contributed by atoms with Crippen LogP contribution < -0.4 is 4.74 Å². The molecule has 1 atom stereocenters. The number of fused-ring (bicyclic) bond motifs is 1. The van der Waals surface area contributed by atoms with Gasteiger partial charge in [0.1, 0.15) is 17.9 Å². The highest BCUT2D eigenvalue weighted by atomic mass is 35.5. The van der Waals surface area contributed by atoms with E-state index in [2.05, 4.69) is 6.92 Å². The molecule has 0 aliphatic carbocycles. The van der Waals surface area contributed by atoms with Crippen molar-refractivity contribution >= 4 is 35.1 Å². The number of ether oxygens (including phenoxy) is 1. The monoisotopic (exact) mass is 539 g/mol. The van der Waals surface area contributed by atoms with Gasteiger partial charge in [0.05, 0.1) is 10.0 Å². The molecular formula is C30H31Cl2NO4. The molecule has 1 aliphatic rings. The molecule has 0 unspecified atom stereocenters. The lowest BCUT2D eigenvalue weighted by atomic mass is 9.91. The predicted molar refractivity (Wildman–Crippen MR) is 147 cm³/mol. The van der Waals surface area contributed by atoms with Gasteiger partial charge < -0.3 is 14.7 Å². The lowest BCUT2D eigenvalue weighted by molar-refractivity contribution is -0.137. The number of carbonyl (C=O) groups is 2. The maximum atomic E-state index is 13.4. The van der Waals surface area contributed by atoms with Gasteiger partial charge >= 0.3 is 5.97 Å². The van der Waals surface area contributed by atoms with Crippen LogP contribution in [0, 0.1) is 0 Å². The molecule has 3 aromatic rings. The number of aryl methyl sites for hydroxylation is 1. The Morgan fingerprint density at radius 3 is 2.49 bits per heavy atom. The summed E-state index contributed by atoms with van der Waals surface area (Å²) < 4.78 is 6.27. The van der Waals surface area contributed by atoms with E-state index < -0.39 is 11.6 Å². The molecule has 1 aliphatic heterocycles. The molecule has 4 rings (SSSR count). The summed E-state index contributed by atoms with van der Waals surface area (Å²) in [5, 5.41) is 10.5. The number of nitrogens with zero attached hydrogens (tertiary/aromatic N) is 1. The zero-order valence-electron chi connectivity index (χ0n) is 21.1. The average molecular weight is 540 g/mol. The van der Waals surface area contributed by atoms with Crippen LogP contribution in [0.25, 0.3) is 0 Å². The SMILES string of the molecule is CCCCc1ccc(CN(CC(=O)O)C(=O)c2ccc3c(c2)C[C@@](C)(Cc2cccc(Cl)c2Cl)O3)cc1. The summed E-state index contributed by atoms with van der Waals surface area (Å²) in [5.41, 5.74) is 3.83. The first-order valence-corrected chi connectivity index (χ1v) is 13.3. The summed E-state index contributed by atoms with van der Waals surface area (Å²) in [7, 11) is 0. The average Bonchev–Trinajstić information content (AvgIpc) is 3.20. The summed E-state index contributed by atoms with van der Waals surface area (Å²) in [4.78, 5) is 26.4. The Kier molecular flexibility index (Phi) is 8.46. The van der Waals surface area contributed by atoms with Gasteiger partial charge in [-0.05, 0) is 66.3 Å². The van der Waals surface area contributed by atoms with E-state index in [0.717, 1.165) is 36.0 Å². The summed E-state index contributed by atoms with van der Waals surface area (Å²) in [6, 6.07) is 18.9. The molecule has 3 aromatic carbocycles. The summed E-state index contributed by atoms with van der Waals surface area (Å²) in [5.74, 6) is -0.667. The number of carbonyl (C=O) groups excluding carboxylic acids is 1. The summed E-state index contributed by atoms with van der Waals surface area (Å²) in [6.45, 7) is 4.00. The van der Waals surface area contributed by atoms with Crippen LogP contribution in [0.15, 0.2) is 60.7 Å². The van der Waals surface area contributed by atoms with Crippen molar-refractivity contribution in [3.63, 3.8) is 0 Å². The van der Waals surface area contributed by atoms with Crippen molar-refractivity contribution in [2.75, 3.05) is 6.54 Å². The van der Waals surface area contributed by atoms with Crippen LogP contribution in [-0.2, 0) is 30.6 Å². The first kappa shape index (κ1) is 27.0. The van der Waals surface area contributed by atoms with Crippen molar-refractivity contribution in [1.82, 2.24) is 4.90 Å². The number of unbranched alkanes of at least 4 members (excludes halogenated alkanes) is 1. The van der Waals surface area contributed by atoms with Crippen molar-refractivity contribution < 1.29 is 19.4 Å². The van der Waals surface area contributed by atoms with E-state index in [9.17, 15) is 14.7 Å². The molecule has 0 aromatic heterocycles. The molecule has 0 bridgehead atoms. The van der Waals surface area contributed by atoms with Gasteiger partial charge in [-0.25, -0.2) is 0 Å². The molecule has 194 valence electrons. The molecule has 1 heterocycles. The minimum absolute atomic E-state index is 0.220. The number of hydrogen-bond donors (Lipinski definition) is 1. The maximum absolute atomic E-state index is 13.4. The lowest BCUT2D eigenvalue weighted by Crippen LogP contribution is -2.35. The van der Waals surface area contributed by atoms with Crippen molar-refractivity contribution in [2.45, 2.75) is 58.1 Å². The Morgan fingerprint density at radius 1 is 1.05 bits per heavy atom. The fourth-order valence-electron chi connectivity index (χ4n) is 4.80. The smallest absolute Gasteiger partial charge is 0.323 e. The quantitative estimate of drug-likeness (QED) is 0.301. The standard InChI is InChI=1S/C30H31Cl2NO4/c1-3-4-6-20-9-11-21(12-10-20)18-33(19-27(34)35)29(36)22-13-14-26-24(15-22)17-30(2,37-26)16-23-7-5-8-25(31)28(23)32/h5,7-15H,3-4,6,16-19H2,1-2H3,(H,34,35)/t30-/m1/s1. The third-order valence-electron chi connectivity index (χ3n) is 6.65. The fraction of sp³-hybridized carbons (Fsp3) is 0.333. The van der Waals surface area contributed by atoms with Gasteiger partial charge in [0.15, 0.2) is 0 Å². The van der Waals surface area contributed by atoms with E-state index in [1.165, 1.54) is 10.5 Å². The normalized spacial score (nSPS) is 16.2. The molecule has 0 saturated heterocycles. The van der Waals surface area contributed by atoms with E-state index in [-0.39, 0.29) is 19.0 Å². The minimum atomic E-state index is -1.05. The molecule has 5 nitrogen and oxygen atoms in total. The van der Waals surface area contributed by atoms with Crippen molar-refractivity contribution in [1.29, 1.82) is 0 Å². The van der Waals surface area contributed by atoms with Gasteiger partial charge in [-0.1, -0.05) is 72.9 Å². The van der Waals surface area contributed by atoms with Crippen molar-refractivity contribution in [3.05, 3.63) is 98.5 Å². The molecule has 0 radical (unpaired) electrons. The lowest BCUT2D eigenvalue weighted by Gasteiger charge is -2.24. The number of amides is 1. The van der Waals surface area contributed by atoms with E-state index in [1.54, 1.807) is 18.2 Å². The third-order valence-corrected chi connectivity index (χ3v) is 7.51. The summed E-state index contributed by atoms with van der Waals surface area (Å²) >= 11 is 12.6. The highest BCUT2D eigenvalue weighted by molar-refractivity contribution is 6.42. The number of rotatable bonds is 10. The number of halogens is 2. The molecule has 7 heteroatoms. The molecule has 1 N–H and O–H groups in total. The molecule has 0 spiro atoms. The van der Waals surface area contributed by atoms with Crippen molar-refractivity contribution in [2.24, 2.45) is 0 Å². The Hall–Kier alpha value is -3.02. The van der Waals surface area contributed by atoms with Gasteiger partial charge in [0.25, 0.3) is 5.91 Å². The van der Waals surface area contributed by atoms with Crippen LogP contribution in [0.4, 0.5) is 0 Å². The third kappa shape index (κ3) is 6.65. The van der Waals surface area contributed by atoms with Gasteiger partial charge in [-0.2, -0.15) is 0 Å². The molecule has 0 fully saturated rings.